The molecule has 7 rings (SSSR count). The van der Waals surface area contributed by atoms with Crippen molar-refractivity contribution in [3.05, 3.63) is 202 Å². The summed E-state index contributed by atoms with van der Waals surface area (Å²) in [5.74, 6) is 2.56. The molecule has 1 heterocycles. The predicted molar refractivity (Wildman–Crippen MR) is 201 cm³/mol. The molecule has 0 aliphatic carbocycles. The van der Waals surface area contributed by atoms with Gasteiger partial charge in [0, 0.05) is 18.2 Å². The second-order valence-electron chi connectivity index (χ2n) is 11.9. The molecule has 6 heteroatoms. The van der Waals surface area contributed by atoms with Gasteiger partial charge in [-0.1, -0.05) is 133 Å². The van der Waals surface area contributed by atoms with E-state index in [1.807, 2.05) is 146 Å². The number of rotatable bonds is 14. The highest BCUT2D eigenvalue weighted by Gasteiger charge is 2.14. The van der Waals surface area contributed by atoms with Crippen LogP contribution in [0.15, 0.2) is 167 Å². The van der Waals surface area contributed by atoms with Gasteiger partial charge in [0.15, 0.2) is 16.9 Å². The van der Waals surface area contributed by atoms with Crippen LogP contribution in [-0.2, 0) is 26.4 Å². The van der Waals surface area contributed by atoms with Gasteiger partial charge in [0.05, 0.1) is 0 Å². The number of ether oxygens (including phenoxy) is 4. The Labute approximate surface area is 296 Å². The molecule has 0 unspecified atom stereocenters. The third kappa shape index (κ3) is 8.94. The molecule has 0 saturated carbocycles. The summed E-state index contributed by atoms with van der Waals surface area (Å²) in [5.41, 5.74) is 5.10. The Balaban J connectivity index is 1.16. The molecule has 0 N–H and O–H groups in total. The lowest BCUT2D eigenvalue weighted by molar-refractivity contribution is 0.256. The molecule has 0 amide bonds. The quantitative estimate of drug-likeness (QED) is 0.115. The lowest BCUT2D eigenvalue weighted by Gasteiger charge is -2.14. The van der Waals surface area contributed by atoms with Crippen molar-refractivity contribution in [2.45, 2.75) is 26.4 Å². The maximum atomic E-state index is 13.6. The van der Waals surface area contributed by atoms with Crippen LogP contribution in [0.1, 0.15) is 33.6 Å². The van der Waals surface area contributed by atoms with E-state index in [4.69, 9.17) is 23.4 Å². The Morgan fingerprint density at radius 1 is 0.451 bits per heavy atom. The molecule has 0 fully saturated rings. The molecule has 7 aromatic rings. The lowest BCUT2D eigenvalue weighted by atomic mass is 10.1. The van der Waals surface area contributed by atoms with Crippen molar-refractivity contribution in [2.75, 3.05) is 0 Å². The van der Waals surface area contributed by atoms with Gasteiger partial charge < -0.3 is 23.4 Å². The number of fused-ring (bicyclic) bond motifs is 1. The molecule has 252 valence electrons. The van der Waals surface area contributed by atoms with Crippen LogP contribution in [0.2, 0.25) is 0 Å². The fraction of sp³-hybridized carbons (Fsp3) is 0.0889. The van der Waals surface area contributed by atoms with Crippen molar-refractivity contribution >= 4 is 23.1 Å². The number of benzene rings is 6. The van der Waals surface area contributed by atoms with Crippen LogP contribution in [0, 0.1) is 0 Å². The van der Waals surface area contributed by atoms with Gasteiger partial charge in [-0.2, -0.15) is 0 Å². The summed E-state index contributed by atoms with van der Waals surface area (Å²) in [6, 6.07) is 50.4. The summed E-state index contributed by atoms with van der Waals surface area (Å²) in [6.45, 7) is 1.44. The zero-order valence-corrected chi connectivity index (χ0v) is 27.9. The van der Waals surface area contributed by atoms with Crippen molar-refractivity contribution in [3.8, 4) is 23.0 Å². The maximum Gasteiger partial charge on any atom is 0.197 e. The number of hydrogen-bond donors (Lipinski definition) is 0. The zero-order valence-electron chi connectivity index (χ0n) is 27.9. The van der Waals surface area contributed by atoms with Crippen molar-refractivity contribution in [2.24, 2.45) is 0 Å². The highest BCUT2D eigenvalue weighted by atomic mass is 16.5. The lowest BCUT2D eigenvalue weighted by Crippen LogP contribution is -2.05. The molecule has 6 aromatic carbocycles. The Bertz CT molecular complexity index is 2260. The first-order valence-corrected chi connectivity index (χ1v) is 16.8. The Hall–Kier alpha value is -6.53. The molecule has 0 spiro atoms. The highest BCUT2D eigenvalue weighted by molar-refractivity contribution is 5.86. The summed E-state index contributed by atoms with van der Waals surface area (Å²) in [7, 11) is 0. The van der Waals surface area contributed by atoms with Gasteiger partial charge in [-0.3, -0.25) is 4.79 Å². The van der Waals surface area contributed by atoms with E-state index in [0.29, 0.717) is 66.2 Å². The Morgan fingerprint density at radius 2 is 0.941 bits per heavy atom. The van der Waals surface area contributed by atoms with Crippen LogP contribution in [0.4, 0.5) is 0 Å². The van der Waals surface area contributed by atoms with Crippen LogP contribution >= 0.6 is 0 Å². The van der Waals surface area contributed by atoms with Crippen LogP contribution in [0.3, 0.4) is 0 Å². The molecule has 1 aromatic heterocycles. The van der Waals surface area contributed by atoms with E-state index in [2.05, 4.69) is 0 Å². The van der Waals surface area contributed by atoms with Crippen molar-refractivity contribution in [3.63, 3.8) is 0 Å². The van der Waals surface area contributed by atoms with Crippen LogP contribution in [-0.4, -0.2) is 0 Å². The molecular weight excluding hydrogens is 636 g/mol. The predicted octanol–water partition coefficient (Wildman–Crippen LogP) is 10.3. The molecule has 0 radical (unpaired) electrons. The molecule has 0 aliphatic heterocycles. The van der Waals surface area contributed by atoms with E-state index in [1.54, 1.807) is 18.2 Å². The smallest absolute Gasteiger partial charge is 0.197 e. The summed E-state index contributed by atoms with van der Waals surface area (Å²) >= 11 is 0. The van der Waals surface area contributed by atoms with E-state index in [9.17, 15) is 4.79 Å². The monoisotopic (exact) mass is 672 g/mol. The molecule has 0 aliphatic rings. The van der Waals surface area contributed by atoms with Crippen LogP contribution in [0.25, 0.3) is 23.1 Å². The second-order valence-corrected chi connectivity index (χ2v) is 11.9. The molecule has 6 nitrogen and oxygen atoms in total. The van der Waals surface area contributed by atoms with E-state index < -0.39 is 0 Å². The SMILES string of the molecule is O=c1cc(/C=C/c2ccc(OCc3ccccc3)c(OCc3ccccc3)c2)oc2cc(OCc3ccccc3)cc(OCc3ccccc3)c12. The zero-order chi connectivity index (χ0) is 34.7. The number of hydrogen-bond acceptors (Lipinski definition) is 6. The van der Waals surface area contributed by atoms with Gasteiger partial charge in [-0.15, -0.1) is 0 Å². The molecule has 0 bridgehead atoms. The fourth-order valence-corrected chi connectivity index (χ4v) is 5.51. The third-order valence-corrected chi connectivity index (χ3v) is 8.15. The Kier molecular flexibility index (Phi) is 10.5. The van der Waals surface area contributed by atoms with Crippen LogP contribution < -0.4 is 24.4 Å². The Morgan fingerprint density at radius 3 is 1.49 bits per heavy atom. The first-order valence-electron chi connectivity index (χ1n) is 16.8. The molecule has 51 heavy (non-hydrogen) atoms. The van der Waals surface area contributed by atoms with Gasteiger partial charge in [0.25, 0.3) is 0 Å². The normalized spacial score (nSPS) is 11.1. The van der Waals surface area contributed by atoms with Crippen molar-refractivity contribution in [1.82, 2.24) is 0 Å². The van der Waals surface area contributed by atoms with Gasteiger partial charge in [-0.05, 0) is 46.0 Å². The summed E-state index contributed by atoms with van der Waals surface area (Å²) < 4.78 is 31.1. The fourth-order valence-electron chi connectivity index (χ4n) is 5.51. The maximum absolute atomic E-state index is 13.6. The minimum absolute atomic E-state index is 0.217. The van der Waals surface area contributed by atoms with Gasteiger partial charge >= 0.3 is 0 Å². The molecule has 0 atom stereocenters. The van der Waals surface area contributed by atoms with Crippen molar-refractivity contribution < 1.29 is 23.4 Å². The van der Waals surface area contributed by atoms with E-state index in [1.165, 1.54) is 6.07 Å². The molecule has 0 saturated heterocycles. The van der Waals surface area contributed by atoms with Crippen molar-refractivity contribution in [1.29, 1.82) is 0 Å². The van der Waals surface area contributed by atoms with E-state index in [0.717, 1.165) is 27.8 Å². The topological polar surface area (TPSA) is 67.1 Å². The minimum atomic E-state index is -0.217. The van der Waals surface area contributed by atoms with Crippen LogP contribution in [0.5, 0.6) is 23.0 Å². The third-order valence-electron chi connectivity index (χ3n) is 8.15. The van der Waals surface area contributed by atoms with E-state index in [-0.39, 0.29) is 5.43 Å². The first-order chi connectivity index (χ1) is 25.2. The summed E-state index contributed by atoms with van der Waals surface area (Å²) in [5, 5.41) is 0.353. The minimum Gasteiger partial charge on any atom is -0.489 e. The van der Waals surface area contributed by atoms with Gasteiger partial charge in [-0.25, -0.2) is 0 Å². The van der Waals surface area contributed by atoms with Gasteiger partial charge in [0.2, 0.25) is 0 Å². The summed E-state index contributed by atoms with van der Waals surface area (Å²) in [6.07, 6.45) is 3.65. The van der Waals surface area contributed by atoms with Gasteiger partial charge in [0.1, 0.15) is 54.7 Å². The largest absolute Gasteiger partial charge is 0.489 e. The first kappa shape index (κ1) is 33.0. The average Bonchev–Trinajstić information content (AvgIpc) is 3.18. The average molecular weight is 673 g/mol. The standard InChI is InChI=1S/C45H36O6/c46-40-26-38(23-21-33-22-24-41(48-30-35-15-7-2-8-16-35)42(25-33)49-31-36-17-9-3-10-18-36)51-44-28-39(47-29-34-13-5-1-6-14-34)27-43(45(40)44)50-32-37-19-11-4-12-20-37/h1-28H,29-32H2/b23-21+. The summed E-state index contributed by atoms with van der Waals surface area (Å²) in [4.78, 5) is 13.6. The molecular formula is C45H36O6. The highest BCUT2D eigenvalue weighted by Crippen LogP contribution is 2.33. The van der Waals surface area contributed by atoms with E-state index >= 15 is 0 Å². The second kappa shape index (κ2) is 16.2.